The second kappa shape index (κ2) is 6.60. The molecule has 19 heavy (non-hydrogen) atoms. The molecule has 0 bridgehead atoms. The molecule has 1 aliphatic carbocycles. The van der Waals surface area contributed by atoms with Crippen LogP contribution in [-0.2, 0) is 16.1 Å². The molecular formula is C14H16N2O2S. The average Bonchev–Trinajstić information content (AvgIpc) is 3.26. The van der Waals surface area contributed by atoms with E-state index < -0.39 is 0 Å². The van der Waals surface area contributed by atoms with E-state index >= 15 is 0 Å². The third-order valence-corrected chi connectivity index (χ3v) is 3.96. The first kappa shape index (κ1) is 13.9. The summed E-state index contributed by atoms with van der Waals surface area (Å²) in [6, 6.07) is 8.61. The summed E-state index contributed by atoms with van der Waals surface area (Å²) in [4.78, 5) is 11.9. The summed E-state index contributed by atoms with van der Waals surface area (Å²) in [5, 5.41) is 12.6. The smallest absolute Gasteiger partial charge is 0.315 e. The summed E-state index contributed by atoms with van der Waals surface area (Å²) in [5.74, 6) is -0.0569. The maximum Gasteiger partial charge on any atom is 0.315 e. The Hall–Kier alpha value is -1.51. The Morgan fingerprint density at radius 2 is 2.37 bits per heavy atom. The van der Waals surface area contributed by atoms with Crippen molar-refractivity contribution in [3.05, 3.63) is 29.3 Å². The zero-order chi connectivity index (χ0) is 13.7. The molecule has 1 N–H and O–H groups in total. The molecule has 1 aromatic rings. The van der Waals surface area contributed by atoms with Gasteiger partial charge in [0, 0.05) is 17.5 Å². The van der Waals surface area contributed by atoms with Gasteiger partial charge in [-0.25, -0.2) is 0 Å². The van der Waals surface area contributed by atoms with Gasteiger partial charge >= 0.3 is 5.97 Å². The van der Waals surface area contributed by atoms with Crippen molar-refractivity contribution in [2.45, 2.75) is 30.3 Å². The van der Waals surface area contributed by atoms with Crippen LogP contribution in [0.2, 0.25) is 0 Å². The molecule has 0 aromatic heterocycles. The van der Waals surface area contributed by atoms with E-state index in [0.29, 0.717) is 11.6 Å². The fraction of sp³-hybridized carbons (Fsp3) is 0.429. The molecular weight excluding hydrogens is 260 g/mol. The van der Waals surface area contributed by atoms with Crippen molar-refractivity contribution in [1.29, 1.82) is 5.26 Å². The maximum atomic E-state index is 11.1. The Balaban J connectivity index is 1.98. The summed E-state index contributed by atoms with van der Waals surface area (Å²) >= 11 is 1.33. The summed E-state index contributed by atoms with van der Waals surface area (Å²) in [6.45, 7) is 0.793. The number of esters is 1. The minimum Gasteiger partial charge on any atom is -0.468 e. The van der Waals surface area contributed by atoms with E-state index in [0.717, 1.165) is 17.0 Å². The zero-order valence-corrected chi connectivity index (χ0v) is 11.6. The van der Waals surface area contributed by atoms with Crippen molar-refractivity contribution in [3.63, 3.8) is 0 Å². The minimum absolute atomic E-state index is 0.227. The van der Waals surface area contributed by atoms with Gasteiger partial charge in [0.25, 0.3) is 0 Å². The quantitative estimate of drug-likeness (QED) is 0.636. The molecule has 100 valence electrons. The van der Waals surface area contributed by atoms with E-state index in [4.69, 9.17) is 5.26 Å². The summed E-state index contributed by atoms with van der Waals surface area (Å²) in [5.41, 5.74) is 1.72. The van der Waals surface area contributed by atoms with Gasteiger partial charge in [0.05, 0.1) is 18.4 Å². The number of thioether (sulfide) groups is 1. The molecule has 0 aliphatic heterocycles. The zero-order valence-electron chi connectivity index (χ0n) is 10.8. The fourth-order valence-corrected chi connectivity index (χ4v) is 2.46. The van der Waals surface area contributed by atoms with Crippen molar-refractivity contribution in [2.75, 3.05) is 12.9 Å². The van der Waals surface area contributed by atoms with Gasteiger partial charge in [0.15, 0.2) is 0 Å². The number of ether oxygens (including phenoxy) is 1. The normalized spacial score (nSPS) is 13.9. The van der Waals surface area contributed by atoms with Crippen LogP contribution in [-0.4, -0.2) is 24.9 Å². The molecule has 5 heteroatoms. The Morgan fingerprint density at radius 3 is 3.00 bits per heavy atom. The van der Waals surface area contributed by atoms with E-state index in [1.165, 1.54) is 31.7 Å². The van der Waals surface area contributed by atoms with Crippen LogP contribution in [0.3, 0.4) is 0 Å². The van der Waals surface area contributed by atoms with Gasteiger partial charge in [-0.1, -0.05) is 6.07 Å². The highest BCUT2D eigenvalue weighted by Gasteiger charge is 2.20. The highest BCUT2D eigenvalue weighted by Crippen LogP contribution is 2.24. The van der Waals surface area contributed by atoms with Crippen molar-refractivity contribution >= 4 is 17.7 Å². The molecule has 0 amide bonds. The number of methoxy groups -OCH3 is 1. The van der Waals surface area contributed by atoms with Crippen LogP contribution < -0.4 is 5.32 Å². The second-order valence-corrected chi connectivity index (χ2v) is 5.48. The van der Waals surface area contributed by atoms with Gasteiger partial charge in [0.1, 0.15) is 6.07 Å². The number of carbonyl (C=O) groups excluding carboxylic acids is 1. The first-order chi connectivity index (χ1) is 9.22. The minimum atomic E-state index is -0.284. The molecule has 1 aliphatic rings. The summed E-state index contributed by atoms with van der Waals surface area (Å²) in [6.07, 6.45) is 2.50. The topological polar surface area (TPSA) is 62.1 Å². The number of carbonyl (C=O) groups is 1. The fourth-order valence-electron chi connectivity index (χ4n) is 1.65. The number of nitrogens with zero attached hydrogens (tertiary/aromatic N) is 1. The average molecular weight is 276 g/mol. The Kier molecular flexibility index (Phi) is 4.83. The van der Waals surface area contributed by atoms with Crippen molar-refractivity contribution in [3.8, 4) is 6.07 Å². The summed E-state index contributed by atoms with van der Waals surface area (Å²) in [7, 11) is 1.36. The van der Waals surface area contributed by atoms with E-state index in [-0.39, 0.29) is 11.7 Å². The van der Waals surface area contributed by atoms with Crippen LogP contribution in [0.4, 0.5) is 0 Å². The number of hydrogen-bond donors (Lipinski definition) is 1. The molecule has 0 saturated heterocycles. The Morgan fingerprint density at radius 1 is 1.58 bits per heavy atom. The van der Waals surface area contributed by atoms with Crippen LogP contribution in [0.25, 0.3) is 0 Å². The standard InChI is InChI=1S/C14H16N2O2S/c1-18-14(17)9-19-13-5-2-10(6-11(13)7-15)8-16-12-3-4-12/h2,5-6,12,16H,3-4,8-9H2,1H3. The molecule has 0 heterocycles. The highest BCUT2D eigenvalue weighted by molar-refractivity contribution is 8.00. The first-order valence-electron chi connectivity index (χ1n) is 6.19. The lowest BCUT2D eigenvalue weighted by Gasteiger charge is -2.07. The molecule has 4 nitrogen and oxygen atoms in total. The van der Waals surface area contributed by atoms with Crippen molar-refractivity contribution in [1.82, 2.24) is 5.32 Å². The van der Waals surface area contributed by atoms with Crippen molar-refractivity contribution in [2.24, 2.45) is 0 Å². The van der Waals surface area contributed by atoms with Gasteiger partial charge in [-0.05, 0) is 30.5 Å². The van der Waals surface area contributed by atoms with Crippen LogP contribution in [0.5, 0.6) is 0 Å². The lowest BCUT2D eigenvalue weighted by Crippen LogP contribution is -2.15. The van der Waals surface area contributed by atoms with E-state index in [9.17, 15) is 4.79 Å². The number of hydrogen-bond acceptors (Lipinski definition) is 5. The number of benzene rings is 1. The molecule has 0 unspecified atom stereocenters. The van der Waals surface area contributed by atoms with E-state index in [1.54, 1.807) is 0 Å². The SMILES string of the molecule is COC(=O)CSc1ccc(CNC2CC2)cc1C#N. The Labute approximate surface area is 117 Å². The van der Waals surface area contributed by atoms with Crippen LogP contribution in [0, 0.1) is 11.3 Å². The first-order valence-corrected chi connectivity index (χ1v) is 7.17. The predicted octanol–water partition coefficient (Wildman–Crippen LogP) is 2.08. The van der Waals surface area contributed by atoms with Gasteiger partial charge in [-0.2, -0.15) is 5.26 Å². The monoisotopic (exact) mass is 276 g/mol. The number of nitrogens with one attached hydrogen (secondary N) is 1. The number of rotatable bonds is 6. The van der Waals surface area contributed by atoms with Crippen molar-refractivity contribution < 1.29 is 9.53 Å². The van der Waals surface area contributed by atoms with Gasteiger partial charge in [0.2, 0.25) is 0 Å². The third-order valence-electron chi connectivity index (χ3n) is 2.91. The number of nitriles is 1. The largest absolute Gasteiger partial charge is 0.468 e. The van der Waals surface area contributed by atoms with Gasteiger partial charge in [-0.15, -0.1) is 11.8 Å². The molecule has 1 saturated carbocycles. The molecule has 1 fully saturated rings. The van der Waals surface area contributed by atoms with E-state index in [1.807, 2.05) is 18.2 Å². The van der Waals surface area contributed by atoms with Gasteiger partial charge in [-0.3, -0.25) is 4.79 Å². The third kappa shape index (κ3) is 4.27. The molecule has 0 atom stereocenters. The second-order valence-electron chi connectivity index (χ2n) is 4.46. The summed E-state index contributed by atoms with van der Waals surface area (Å²) < 4.78 is 4.59. The Bertz CT molecular complexity index is 507. The predicted molar refractivity (Wildman–Crippen MR) is 73.8 cm³/mol. The molecule has 1 aromatic carbocycles. The van der Waals surface area contributed by atoms with Crippen LogP contribution in [0.15, 0.2) is 23.1 Å². The van der Waals surface area contributed by atoms with Crippen LogP contribution >= 0.6 is 11.8 Å². The maximum absolute atomic E-state index is 11.1. The van der Waals surface area contributed by atoms with Gasteiger partial charge < -0.3 is 10.1 Å². The lowest BCUT2D eigenvalue weighted by atomic mass is 10.1. The van der Waals surface area contributed by atoms with E-state index in [2.05, 4.69) is 16.1 Å². The molecule has 0 spiro atoms. The molecule has 2 rings (SSSR count). The lowest BCUT2D eigenvalue weighted by molar-refractivity contribution is -0.137. The molecule has 0 radical (unpaired) electrons. The van der Waals surface area contributed by atoms with Crippen LogP contribution in [0.1, 0.15) is 24.0 Å². The highest BCUT2D eigenvalue weighted by atomic mass is 32.2.